The Kier molecular flexibility index (Phi) is 6.11. The Labute approximate surface area is 137 Å². The molecular formula is C18H23N3O2. The van der Waals surface area contributed by atoms with Crippen LogP contribution >= 0.6 is 0 Å². The lowest BCUT2D eigenvalue weighted by atomic mass is 10.0. The van der Waals surface area contributed by atoms with Gasteiger partial charge in [0, 0.05) is 12.7 Å². The molecule has 2 N–H and O–H groups in total. The van der Waals surface area contributed by atoms with E-state index in [1.54, 1.807) is 29.4 Å². The first kappa shape index (κ1) is 17.0. The molecule has 5 heteroatoms. The van der Waals surface area contributed by atoms with Gasteiger partial charge in [0.25, 0.3) is 0 Å². The van der Waals surface area contributed by atoms with Crippen molar-refractivity contribution < 1.29 is 9.90 Å². The maximum Gasteiger partial charge on any atom is 0.322 e. The number of hydrogen-bond donors (Lipinski definition) is 2. The fourth-order valence-electron chi connectivity index (χ4n) is 2.42. The molecule has 0 aliphatic heterocycles. The molecule has 0 spiro atoms. The number of carbonyl (C=O) groups is 1. The van der Waals surface area contributed by atoms with Crippen LogP contribution in [-0.4, -0.2) is 33.7 Å². The number of benzene rings is 1. The molecule has 5 nitrogen and oxygen atoms in total. The minimum absolute atomic E-state index is 0.0784. The molecule has 2 aromatic rings. The van der Waals surface area contributed by atoms with Crippen molar-refractivity contribution in [1.29, 1.82) is 0 Å². The summed E-state index contributed by atoms with van der Waals surface area (Å²) < 4.78 is 0. The third-order valence-corrected chi connectivity index (χ3v) is 3.73. The lowest BCUT2D eigenvalue weighted by Crippen LogP contribution is -2.47. The van der Waals surface area contributed by atoms with Crippen LogP contribution in [0.3, 0.4) is 0 Å². The summed E-state index contributed by atoms with van der Waals surface area (Å²) >= 11 is 0. The molecule has 2 amide bonds. The van der Waals surface area contributed by atoms with Gasteiger partial charge in [-0.25, -0.2) is 4.79 Å². The van der Waals surface area contributed by atoms with E-state index < -0.39 is 0 Å². The Morgan fingerprint density at radius 2 is 1.96 bits per heavy atom. The number of rotatable bonds is 6. The molecule has 1 atom stereocenters. The molecule has 0 saturated heterocycles. The summed E-state index contributed by atoms with van der Waals surface area (Å²) in [6.07, 6.45) is 3.25. The van der Waals surface area contributed by atoms with Gasteiger partial charge in [0.15, 0.2) is 0 Å². The summed E-state index contributed by atoms with van der Waals surface area (Å²) in [5.41, 5.74) is 1.66. The first-order chi connectivity index (χ1) is 11.1. The lowest BCUT2D eigenvalue weighted by Gasteiger charge is -2.33. The van der Waals surface area contributed by atoms with Crippen LogP contribution in [0, 0.1) is 5.92 Å². The highest BCUT2D eigenvalue weighted by Gasteiger charge is 2.26. The average molecular weight is 313 g/mol. The highest BCUT2D eigenvalue weighted by molar-refractivity contribution is 5.89. The molecule has 0 fully saturated rings. The molecular weight excluding hydrogens is 290 g/mol. The number of hydrogen-bond acceptors (Lipinski definition) is 3. The number of anilines is 1. The van der Waals surface area contributed by atoms with Crippen molar-refractivity contribution in [3.63, 3.8) is 0 Å². The molecule has 0 bridgehead atoms. The zero-order valence-electron chi connectivity index (χ0n) is 13.5. The minimum Gasteiger partial charge on any atom is -0.394 e. The molecule has 1 aromatic carbocycles. The average Bonchev–Trinajstić information content (AvgIpc) is 2.56. The van der Waals surface area contributed by atoms with Crippen LogP contribution in [0.25, 0.3) is 0 Å². The van der Waals surface area contributed by atoms with Crippen molar-refractivity contribution in [3.8, 4) is 0 Å². The topological polar surface area (TPSA) is 65.5 Å². The predicted molar refractivity (Wildman–Crippen MR) is 91.0 cm³/mol. The van der Waals surface area contributed by atoms with E-state index in [1.807, 2.05) is 44.2 Å². The first-order valence-electron chi connectivity index (χ1n) is 7.74. The maximum absolute atomic E-state index is 12.7. The van der Waals surface area contributed by atoms with Crippen LogP contribution in [-0.2, 0) is 6.54 Å². The summed E-state index contributed by atoms with van der Waals surface area (Å²) in [5.74, 6) is 0.142. The molecule has 0 aliphatic carbocycles. The molecule has 0 saturated carbocycles. The SMILES string of the molecule is CC(C)C(CO)N(Cc1ccccc1)C(=O)Nc1cccnc1. The van der Waals surface area contributed by atoms with Crippen molar-refractivity contribution in [3.05, 3.63) is 60.4 Å². The summed E-state index contributed by atoms with van der Waals surface area (Å²) in [7, 11) is 0. The number of aliphatic hydroxyl groups is 1. The van der Waals surface area contributed by atoms with E-state index >= 15 is 0 Å². The summed E-state index contributed by atoms with van der Waals surface area (Å²) in [6, 6.07) is 12.8. The highest BCUT2D eigenvalue weighted by Crippen LogP contribution is 2.17. The fourth-order valence-corrected chi connectivity index (χ4v) is 2.42. The van der Waals surface area contributed by atoms with Crippen LogP contribution < -0.4 is 5.32 Å². The molecule has 1 aromatic heterocycles. The quantitative estimate of drug-likeness (QED) is 0.861. The number of carbonyl (C=O) groups excluding carboxylic acids is 1. The van der Waals surface area contributed by atoms with E-state index in [0.717, 1.165) is 5.56 Å². The van der Waals surface area contributed by atoms with Crippen molar-refractivity contribution >= 4 is 11.7 Å². The second kappa shape index (κ2) is 8.29. The van der Waals surface area contributed by atoms with Gasteiger partial charge >= 0.3 is 6.03 Å². The zero-order chi connectivity index (χ0) is 16.7. The smallest absolute Gasteiger partial charge is 0.322 e. The van der Waals surface area contributed by atoms with E-state index in [-0.39, 0.29) is 24.6 Å². The molecule has 0 radical (unpaired) electrons. The van der Waals surface area contributed by atoms with Gasteiger partial charge in [0.2, 0.25) is 0 Å². The number of nitrogens with one attached hydrogen (secondary N) is 1. The normalized spacial score (nSPS) is 12.0. The molecule has 1 heterocycles. The van der Waals surface area contributed by atoms with Gasteiger partial charge < -0.3 is 15.3 Å². The van der Waals surface area contributed by atoms with Gasteiger partial charge in [-0.1, -0.05) is 44.2 Å². The van der Waals surface area contributed by atoms with Gasteiger partial charge in [-0.15, -0.1) is 0 Å². The number of aromatic nitrogens is 1. The van der Waals surface area contributed by atoms with E-state index in [0.29, 0.717) is 12.2 Å². The van der Waals surface area contributed by atoms with Gasteiger partial charge in [-0.05, 0) is 23.6 Å². The van der Waals surface area contributed by atoms with Crippen LogP contribution in [0.4, 0.5) is 10.5 Å². The second-order valence-electron chi connectivity index (χ2n) is 5.78. The van der Waals surface area contributed by atoms with E-state index in [4.69, 9.17) is 0 Å². The molecule has 122 valence electrons. The monoisotopic (exact) mass is 313 g/mol. The fraction of sp³-hybridized carbons (Fsp3) is 0.333. The zero-order valence-corrected chi connectivity index (χ0v) is 13.5. The summed E-state index contributed by atoms with van der Waals surface area (Å²) in [5, 5.41) is 12.6. The third-order valence-electron chi connectivity index (χ3n) is 3.73. The number of pyridine rings is 1. The Balaban J connectivity index is 2.19. The second-order valence-corrected chi connectivity index (χ2v) is 5.78. The van der Waals surface area contributed by atoms with E-state index in [2.05, 4.69) is 10.3 Å². The number of aliphatic hydroxyl groups excluding tert-OH is 1. The van der Waals surface area contributed by atoms with Crippen molar-refractivity contribution in [1.82, 2.24) is 9.88 Å². The third kappa shape index (κ3) is 4.79. The molecule has 2 rings (SSSR count). The van der Waals surface area contributed by atoms with Gasteiger partial charge in [0.1, 0.15) is 0 Å². The van der Waals surface area contributed by atoms with Gasteiger partial charge in [-0.2, -0.15) is 0 Å². The first-order valence-corrected chi connectivity index (χ1v) is 7.74. The Hall–Kier alpha value is -2.40. The molecule has 1 unspecified atom stereocenters. The molecule has 0 aliphatic rings. The van der Waals surface area contributed by atoms with Gasteiger partial charge in [-0.3, -0.25) is 4.98 Å². The lowest BCUT2D eigenvalue weighted by molar-refractivity contribution is 0.110. The predicted octanol–water partition coefficient (Wildman–Crippen LogP) is 3.13. The highest BCUT2D eigenvalue weighted by atomic mass is 16.3. The van der Waals surface area contributed by atoms with E-state index in [9.17, 15) is 9.90 Å². The van der Waals surface area contributed by atoms with E-state index in [1.165, 1.54) is 0 Å². The standard InChI is InChI=1S/C18H23N3O2/c1-14(2)17(13-22)21(12-15-7-4-3-5-8-15)18(23)20-16-9-6-10-19-11-16/h3-11,14,17,22H,12-13H2,1-2H3,(H,20,23). The van der Waals surface area contributed by atoms with Crippen LogP contribution in [0.2, 0.25) is 0 Å². The van der Waals surface area contributed by atoms with Crippen molar-refractivity contribution in [2.24, 2.45) is 5.92 Å². The number of nitrogens with zero attached hydrogens (tertiary/aromatic N) is 2. The largest absolute Gasteiger partial charge is 0.394 e. The number of amides is 2. The van der Waals surface area contributed by atoms with Crippen LogP contribution in [0.1, 0.15) is 19.4 Å². The van der Waals surface area contributed by atoms with Crippen LogP contribution in [0.15, 0.2) is 54.9 Å². The molecule has 23 heavy (non-hydrogen) atoms. The van der Waals surface area contributed by atoms with Crippen LogP contribution in [0.5, 0.6) is 0 Å². The Morgan fingerprint density at radius 3 is 2.52 bits per heavy atom. The maximum atomic E-state index is 12.7. The minimum atomic E-state index is -0.258. The summed E-state index contributed by atoms with van der Waals surface area (Å²) in [4.78, 5) is 18.4. The van der Waals surface area contributed by atoms with Gasteiger partial charge in [0.05, 0.1) is 24.5 Å². The summed E-state index contributed by atoms with van der Waals surface area (Å²) in [6.45, 7) is 4.35. The van der Waals surface area contributed by atoms with Crippen molar-refractivity contribution in [2.45, 2.75) is 26.4 Å². The Morgan fingerprint density at radius 1 is 1.22 bits per heavy atom. The number of urea groups is 1. The Bertz CT molecular complexity index is 602. The van der Waals surface area contributed by atoms with Crippen molar-refractivity contribution in [2.75, 3.05) is 11.9 Å².